The van der Waals surface area contributed by atoms with E-state index < -0.39 is 0 Å². The fourth-order valence-electron chi connectivity index (χ4n) is 2.16. The van der Waals surface area contributed by atoms with Crippen molar-refractivity contribution in [1.29, 1.82) is 0 Å². The van der Waals surface area contributed by atoms with E-state index in [4.69, 9.17) is 5.84 Å². The van der Waals surface area contributed by atoms with Gasteiger partial charge < -0.3 is 16.1 Å². The molecule has 1 aromatic carbocycles. The van der Waals surface area contributed by atoms with E-state index in [1.165, 1.54) is 0 Å². The van der Waals surface area contributed by atoms with Crippen LogP contribution in [0.15, 0.2) is 35.1 Å². The summed E-state index contributed by atoms with van der Waals surface area (Å²) in [6.45, 7) is 7.67. The molecule has 118 valence electrons. The Morgan fingerprint density at radius 2 is 1.86 bits per heavy atom. The molecule has 22 heavy (non-hydrogen) atoms. The van der Waals surface area contributed by atoms with E-state index in [9.17, 15) is 4.79 Å². The molecule has 0 aliphatic rings. The van der Waals surface area contributed by atoms with Gasteiger partial charge in [0, 0.05) is 18.7 Å². The van der Waals surface area contributed by atoms with Crippen molar-refractivity contribution in [2.45, 2.75) is 13.8 Å². The van der Waals surface area contributed by atoms with E-state index >= 15 is 0 Å². The number of nitrogen functional groups attached to an aromatic ring is 1. The number of nitrogens with two attached hydrogens (primary N) is 1. The molecule has 0 saturated carbocycles. The second kappa shape index (κ2) is 7.56. The zero-order valence-corrected chi connectivity index (χ0v) is 13.0. The van der Waals surface area contributed by atoms with Gasteiger partial charge in [0.05, 0.1) is 0 Å². The van der Waals surface area contributed by atoms with Crippen LogP contribution in [0.25, 0.3) is 11.3 Å². The molecule has 0 bridgehead atoms. The van der Waals surface area contributed by atoms with E-state index in [1.807, 2.05) is 18.2 Å². The maximum absolute atomic E-state index is 12.3. The first kappa shape index (κ1) is 16.0. The van der Waals surface area contributed by atoms with E-state index in [0.717, 1.165) is 24.3 Å². The minimum atomic E-state index is -0.369. The van der Waals surface area contributed by atoms with Crippen molar-refractivity contribution in [2.24, 2.45) is 0 Å². The first-order valence-electron chi connectivity index (χ1n) is 7.43. The quantitative estimate of drug-likeness (QED) is 0.735. The highest BCUT2D eigenvalue weighted by molar-refractivity contribution is 5.57. The number of rotatable bonds is 7. The lowest BCUT2D eigenvalue weighted by Crippen LogP contribution is -2.35. The average Bonchev–Trinajstić information content (AvgIpc) is 2.56. The van der Waals surface area contributed by atoms with Gasteiger partial charge in [0.15, 0.2) is 5.69 Å². The molecule has 0 atom stereocenters. The standard InChI is InChI=1S/C15H22N6O/c1-3-20(4-2)11-10-17-15-19-18-13(14(22)21(15)16)12-8-6-5-7-9-12/h5-9H,3-4,10-11,16H2,1-2H3,(H,17,19). The van der Waals surface area contributed by atoms with Crippen molar-refractivity contribution >= 4 is 5.95 Å². The van der Waals surface area contributed by atoms with Crippen LogP contribution < -0.4 is 16.7 Å². The Hall–Kier alpha value is -2.41. The zero-order valence-electron chi connectivity index (χ0n) is 13.0. The van der Waals surface area contributed by atoms with Gasteiger partial charge in [-0.1, -0.05) is 44.2 Å². The molecule has 0 amide bonds. The van der Waals surface area contributed by atoms with Crippen LogP contribution in [0.5, 0.6) is 0 Å². The molecule has 0 radical (unpaired) electrons. The normalized spacial score (nSPS) is 10.9. The average molecular weight is 302 g/mol. The third kappa shape index (κ3) is 3.62. The maximum atomic E-state index is 12.3. The van der Waals surface area contributed by atoms with E-state index in [0.29, 0.717) is 12.1 Å². The molecule has 1 heterocycles. The summed E-state index contributed by atoms with van der Waals surface area (Å²) in [5.74, 6) is 6.10. The van der Waals surface area contributed by atoms with E-state index in [1.54, 1.807) is 12.1 Å². The largest absolute Gasteiger partial charge is 0.352 e. The van der Waals surface area contributed by atoms with Crippen molar-refractivity contribution in [2.75, 3.05) is 37.3 Å². The second-order valence-electron chi connectivity index (χ2n) is 4.87. The number of anilines is 1. The summed E-state index contributed by atoms with van der Waals surface area (Å²) in [5.41, 5.74) is 0.581. The lowest BCUT2D eigenvalue weighted by molar-refractivity contribution is 0.315. The summed E-state index contributed by atoms with van der Waals surface area (Å²) >= 11 is 0. The number of nitrogens with zero attached hydrogens (tertiary/aromatic N) is 4. The Labute approximate surface area is 129 Å². The van der Waals surface area contributed by atoms with Crippen LogP contribution in [0.4, 0.5) is 5.95 Å². The molecule has 7 nitrogen and oxygen atoms in total. The van der Waals surface area contributed by atoms with Crippen LogP contribution in [0.2, 0.25) is 0 Å². The van der Waals surface area contributed by atoms with Crippen LogP contribution in [0, 0.1) is 0 Å². The first-order chi connectivity index (χ1) is 10.7. The SMILES string of the molecule is CCN(CC)CCNc1nnc(-c2ccccc2)c(=O)n1N. The molecule has 2 aromatic rings. The molecule has 7 heteroatoms. The number of hydrogen-bond donors (Lipinski definition) is 2. The lowest BCUT2D eigenvalue weighted by atomic mass is 10.2. The van der Waals surface area contributed by atoms with Crippen LogP contribution in [-0.4, -0.2) is 46.0 Å². The Morgan fingerprint density at radius 1 is 1.18 bits per heavy atom. The fourth-order valence-corrected chi connectivity index (χ4v) is 2.16. The first-order valence-corrected chi connectivity index (χ1v) is 7.43. The molecule has 0 saturated heterocycles. The van der Waals surface area contributed by atoms with Gasteiger partial charge in [-0.25, -0.2) is 0 Å². The van der Waals surface area contributed by atoms with Crippen LogP contribution in [0.1, 0.15) is 13.8 Å². The van der Waals surface area contributed by atoms with Crippen LogP contribution in [-0.2, 0) is 0 Å². The third-order valence-corrected chi connectivity index (χ3v) is 3.55. The number of hydrogen-bond acceptors (Lipinski definition) is 6. The van der Waals surface area contributed by atoms with Crippen LogP contribution in [0.3, 0.4) is 0 Å². The zero-order chi connectivity index (χ0) is 15.9. The highest BCUT2D eigenvalue weighted by atomic mass is 16.1. The second-order valence-corrected chi connectivity index (χ2v) is 4.87. The van der Waals surface area contributed by atoms with Gasteiger partial charge in [0.25, 0.3) is 5.56 Å². The van der Waals surface area contributed by atoms with Gasteiger partial charge >= 0.3 is 0 Å². The van der Waals surface area contributed by atoms with Crippen LogP contribution >= 0.6 is 0 Å². The predicted molar refractivity (Wildman–Crippen MR) is 88.2 cm³/mol. The van der Waals surface area contributed by atoms with Gasteiger partial charge in [-0.2, -0.15) is 4.68 Å². The van der Waals surface area contributed by atoms with Crippen molar-refractivity contribution in [1.82, 2.24) is 19.8 Å². The number of likely N-dealkylation sites (N-methyl/N-ethyl adjacent to an activating group) is 1. The minimum Gasteiger partial charge on any atom is -0.352 e. The van der Waals surface area contributed by atoms with Crippen molar-refractivity contribution < 1.29 is 0 Å². The van der Waals surface area contributed by atoms with Gasteiger partial charge in [-0.15, -0.1) is 10.2 Å². The predicted octanol–water partition coefficient (Wildman–Crippen LogP) is 0.773. The molecule has 0 aliphatic heterocycles. The molecule has 1 aromatic heterocycles. The van der Waals surface area contributed by atoms with Gasteiger partial charge in [-0.05, 0) is 13.1 Å². The number of benzene rings is 1. The van der Waals surface area contributed by atoms with Gasteiger partial charge in [-0.3, -0.25) is 4.79 Å². The molecule has 0 unspecified atom stereocenters. The summed E-state index contributed by atoms with van der Waals surface area (Å²) in [4.78, 5) is 14.5. The highest BCUT2D eigenvalue weighted by Crippen LogP contribution is 2.11. The smallest absolute Gasteiger partial charge is 0.300 e. The monoisotopic (exact) mass is 302 g/mol. The summed E-state index contributed by atoms with van der Waals surface area (Å²) < 4.78 is 1.01. The Bertz CT molecular complexity index is 651. The lowest BCUT2D eigenvalue weighted by Gasteiger charge is -2.18. The summed E-state index contributed by atoms with van der Waals surface area (Å²) in [5, 5.41) is 11.1. The van der Waals surface area contributed by atoms with Gasteiger partial charge in [0.2, 0.25) is 5.95 Å². The topological polar surface area (TPSA) is 89.1 Å². The molecule has 0 spiro atoms. The molecule has 2 rings (SSSR count). The van der Waals surface area contributed by atoms with Crippen molar-refractivity contribution in [3.8, 4) is 11.3 Å². The number of aromatic nitrogens is 3. The van der Waals surface area contributed by atoms with Crippen molar-refractivity contribution in [3.05, 3.63) is 40.7 Å². The third-order valence-electron chi connectivity index (χ3n) is 3.55. The maximum Gasteiger partial charge on any atom is 0.300 e. The molecular formula is C15H22N6O. The molecular weight excluding hydrogens is 280 g/mol. The summed E-state index contributed by atoms with van der Waals surface area (Å²) in [6.07, 6.45) is 0. The fraction of sp³-hybridized carbons (Fsp3) is 0.400. The highest BCUT2D eigenvalue weighted by Gasteiger charge is 2.11. The Kier molecular flexibility index (Phi) is 5.48. The number of nitrogens with one attached hydrogen (secondary N) is 1. The van der Waals surface area contributed by atoms with Crippen molar-refractivity contribution in [3.63, 3.8) is 0 Å². The molecule has 0 fully saturated rings. The molecule has 3 N–H and O–H groups in total. The van der Waals surface area contributed by atoms with E-state index in [-0.39, 0.29) is 17.2 Å². The minimum absolute atomic E-state index is 0.248. The Balaban J connectivity index is 2.12. The summed E-state index contributed by atoms with van der Waals surface area (Å²) in [7, 11) is 0. The van der Waals surface area contributed by atoms with Gasteiger partial charge in [0.1, 0.15) is 0 Å². The van der Waals surface area contributed by atoms with E-state index in [2.05, 4.69) is 34.3 Å². The summed E-state index contributed by atoms with van der Waals surface area (Å²) in [6, 6.07) is 9.17. The molecule has 0 aliphatic carbocycles. The Morgan fingerprint density at radius 3 is 2.50 bits per heavy atom.